The number of nitrogens with two attached hydrogens (primary N) is 1. The SMILES string of the molecule is CCC(CC)CS(=O)c1ccc(N)cc1C. The minimum absolute atomic E-state index is 0.554. The molecule has 0 aromatic heterocycles. The molecule has 0 amide bonds. The molecule has 0 fully saturated rings. The highest BCUT2D eigenvalue weighted by molar-refractivity contribution is 7.85. The Bertz CT molecular complexity index is 372. The summed E-state index contributed by atoms with van der Waals surface area (Å²) in [6.07, 6.45) is 2.19. The van der Waals surface area contributed by atoms with Crippen molar-refractivity contribution in [1.82, 2.24) is 0 Å². The topological polar surface area (TPSA) is 43.1 Å². The average Bonchev–Trinajstić information content (AvgIpc) is 2.25. The predicted octanol–water partition coefficient (Wildman–Crippen LogP) is 3.12. The average molecular weight is 239 g/mol. The summed E-state index contributed by atoms with van der Waals surface area (Å²) in [5, 5.41) is 0. The second-order valence-corrected chi connectivity index (χ2v) is 5.68. The minimum atomic E-state index is -0.889. The van der Waals surface area contributed by atoms with Gasteiger partial charge in [-0.25, -0.2) is 0 Å². The fourth-order valence-electron chi connectivity index (χ4n) is 1.76. The van der Waals surface area contributed by atoms with Crippen molar-refractivity contribution in [3.63, 3.8) is 0 Å². The van der Waals surface area contributed by atoms with E-state index < -0.39 is 10.8 Å². The van der Waals surface area contributed by atoms with Gasteiger partial charge in [0.15, 0.2) is 0 Å². The Balaban J connectivity index is 2.80. The van der Waals surface area contributed by atoms with Crippen LogP contribution in [0.3, 0.4) is 0 Å². The van der Waals surface area contributed by atoms with Gasteiger partial charge < -0.3 is 5.73 Å². The monoisotopic (exact) mass is 239 g/mol. The third kappa shape index (κ3) is 3.34. The Morgan fingerprint density at radius 2 is 1.94 bits per heavy atom. The smallest absolute Gasteiger partial charge is 0.0535 e. The quantitative estimate of drug-likeness (QED) is 0.802. The number of aryl methyl sites for hydroxylation is 1. The molecular weight excluding hydrogens is 218 g/mol. The molecule has 1 rings (SSSR count). The maximum atomic E-state index is 12.2. The number of benzene rings is 1. The lowest BCUT2D eigenvalue weighted by atomic mass is 10.1. The largest absolute Gasteiger partial charge is 0.399 e. The summed E-state index contributed by atoms with van der Waals surface area (Å²) in [7, 11) is -0.889. The second kappa shape index (κ2) is 6.04. The number of nitrogen functional groups attached to an aromatic ring is 1. The van der Waals surface area contributed by atoms with Crippen LogP contribution >= 0.6 is 0 Å². The molecule has 1 atom stereocenters. The van der Waals surface area contributed by atoms with E-state index in [2.05, 4.69) is 13.8 Å². The number of anilines is 1. The molecule has 2 nitrogen and oxygen atoms in total. The molecule has 0 aliphatic carbocycles. The summed E-state index contributed by atoms with van der Waals surface area (Å²) in [5.74, 6) is 1.32. The normalized spacial score (nSPS) is 13.0. The summed E-state index contributed by atoms with van der Waals surface area (Å²) < 4.78 is 12.2. The first-order valence-corrected chi connectivity index (χ1v) is 7.14. The third-order valence-electron chi connectivity index (χ3n) is 2.99. The summed E-state index contributed by atoms with van der Waals surface area (Å²) in [6.45, 7) is 6.28. The predicted molar refractivity (Wildman–Crippen MR) is 70.9 cm³/mol. The zero-order valence-electron chi connectivity index (χ0n) is 10.3. The zero-order chi connectivity index (χ0) is 12.1. The van der Waals surface area contributed by atoms with Crippen molar-refractivity contribution in [1.29, 1.82) is 0 Å². The van der Waals surface area contributed by atoms with Gasteiger partial charge in [0.1, 0.15) is 0 Å². The van der Waals surface area contributed by atoms with Crippen LogP contribution in [0.15, 0.2) is 23.1 Å². The summed E-state index contributed by atoms with van der Waals surface area (Å²) >= 11 is 0. The van der Waals surface area contributed by atoms with Crippen LogP contribution in [0, 0.1) is 12.8 Å². The van der Waals surface area contributed by atoms with E-state index >= 15 is 0 Å². The Labute approximate surface area is 101 Å². The summed E-state index contributed by atoms with van der Waals surface area (Å²) in [5.41, 5.74) is 7.45. The van der Waals surface area contributed by atoms with Crippen molar-refractivity contribution in [3.05, 3.63) is 23.8 Å². The van der Waals surface area contributed by atoms with Crippen LogP contribution in [0.4, 0.5) is 5.69 Å². The van der Waals surface area contributed by atoms with Crippen LogP contribution in [-0.2, 0) is 10.8 Å². The van der Waals surface area contributed by atoms with Gasteiger partial charge >= 0.3 is 0 Å². The van der Waals surface area contributed by atoms with E-state index in [-0.39, 0.29) is 0 Å². The molecule has 0 saturated heterocycles. The van der Waals surface area contributed by atoms with Crippen molar-refractivity contribution >= 4 is 16.5 Å². The Hall–Kier alpha value is -0.830. The third-order valence-corrected chi connectivity index (χ3v) is 4.71. The molecule has 0 heterocycles. The van der Waals surface area contributed by atoms with Gasteiger partial charge in [-0.1, -0.05) is 26.7 Å². The molecule has 16 heavy (non-hydrogen) atoms. The lowest BCUT2D eigenvalue weighted by Crippen LogP contribution is -2.10. The van der Waals surface area contributed by atoms with E-state index in [0.29, 0.717) is 5.92 Å². The molecule has 0 spiro atoms. The van der Waals surface area contributed by atoms with Gasteiger partial charge in [-0.15, -0.1) is 0 Å². The molecule has 0 saturated carbocycles. The van der Waals surface area contributed by atoms with Gasteiger partial charge in [0.05, 0.1) is 10.8 Å². The zero-order valence-corrected chi connectivity index (χ0v) is 11.1. The van der Waals surface area contributed by atoms with E-state index in [1.807, 2.05) is 25.1 Å². The second-order valence-electron chi connectivity index (χ2n) is 4.22. The lowest BCUT2D eigenvalue weighted by molar-refractivity contribution is 0.544. The summed E-state index contributed by atoms with van der Waals surface area (Å²) in [4.78, 5) is 0.932. The van der Waals surface area contributed by atoms with Crippen molar-refractivity contribution in [2.24, 2.45) is 5.92 Å². The fourth-order valence-corrected chi connectivity index (χ4v) is 3.47. The first-order chi connectivity index (χ1) is 7.58. The molecule has 2 N–H and O–H groups in total. The van der Waals surface area contributed by atoms with Crippen LogP contribution in [0.1, 0.15) is 32.3 Å². The highest BCUT2D eigenvalue weighted by Crippen LogP contribution is 2.19. The lowest BCUT2D eigenvalue weighted by Gasteiger charge is -2.13. The standard InChI is InChI=1S/C13H21NOS/c1-4-11(5-2)9-16(15)13-7-6-12(14)8-10(13)3/h6-8,11H,4-5,9,14H2,1-3H3. The van der Waals surface area contributed by atoms with Gasteiger partial charge in [-0.3, -0.25) is 4.21 Å². The molecule has 90 valence electrons. The Kier molecular flexibility index (Phi) is 5.00. The molecular formula is C13H21NOS. The van der Waals surface area contributed by atoms with E-state index in [9.17, 15) is 4.21 Å². The van der Waals surface area contributed by atoms with Crippen molar-refractivity contribution in [2.45, 2.75) is 38.5 Å². The molecule has 0 bridgehead atoms. The van der Waals surface area contributed by atoms with E-state index in [1.165, 1.54) is 0 Å². The van der Waals surface area contributed by atoms with E-state index in [1.54, 1.807) is 0 Å². The first kappa shape index (κ1) is 13.2. The molecule has 1 aromatic rings. The van der Waals surface area contributed by atoms with Crippen molar-refractivity contribution in [2.75, 3.05) is 11.5 Å². The highest BCUT2D eigenvalue weighted by Gasteiger charge is 2.12. The summed E-state index contributed by atoms with van der Waals surface area (Å²) in [6, 6.07) is 5.61. The maximum Gasteiger partial charge on any atom is 0.0535 e. The van der Waals surface area contributed by atoms with Crippen LogP contribution in [0.5, 0.6) is 0 Å². The molecule has 0 radical (unpaired) electrons. The Morgan fingerprint density at radius 3 is 2.44 bits per heavy atom. The highest BCUT2D eigenvalue weighted by atomic mass is 32.2. The molecule has 1 aromatic carbocycles. The van der Waals surface area contributed by atoms with Crippen LogP contribution in [-0.4, -0.2) is 9.96 Å². The van der Waals surface area contributed by atoms with Gasteiger partial charge in [0, 0.05) is 16.3 Å². The molecule has 1 unspecified atom stereocenters. The van der Waals surface area contributed by atoms with E-state index in [4.69, 9.17) is 5.73 Å². The van der Waals surface area contributed by atoms with Crippen LogP contribution < -0.4 is 5.73 Å². The first-order valence-electron chi connectivity index (χ1n) is 5.83. The van der Waals surface area contributed by atoms with Crippen LogP contribution in [0.25, 0.3) is 0 Å². The molecule has 0 aliphatic rings. The van der Waals surface area contributed by atoms with Gasteiger partial charge in [-0.2, -0.15) is 0 Å². The Morgan fingerprint density at radius 1 is 1.31 bits per heavy atom. The van der Waals surface area contributed by atoms with Crippen LogP contribution in [0.2, 0.25) is 0 Å². The van der Waals surface area contributed by atoms with Crippen molar-refractivity contribution in [3.8, 4) is 0 Å². The van der Waals surface area contributed by atoms with Crippen molar-refractivity contribution < 1.29 is 4.21 Å². The van der Waals surface area contributed by atoms with E-state index in [0.717, 1.165) is 34.7 Å². The van der Waals surface area contributed by atoms with Gasteiger partial charge in [0.2, 0.25) is 0 Å². The molecule has 3 heteroatoms. The van der Waals surface area contributed by atoms with Gasteiger partial charge in [-0.05, 0) is 36.6 Å². The number of hydrogen-bond acceptors (Lipinski definition) is 2. The number of hydrogen-bond donors (Lipinski definition) is 1. The van der Waals surface area contributed by atoms with Gasteiger partial charge in [0.25, 0.3) is 0 Å². The minimum Gasteiger partial charge on any atom is -0.399 e. The number of rotatable bonds is 5. The maximum absolute atomic E-state index is 12.2. The molecule has 0 aliphatic heterocycles. The fraction of sp³-hybridized carbons (Fsp3) is 0.538.